The van der Waals surface area contributed by atoms with Crippen LogP contribution in [0.4, 0.5) is 4.39 Å². The van der Waals surface area contributed by atoms with Crippen molar-refractivity contribution in [1.29, 1.82) is 0 Å². The number of aromatic nitrogens is 2. The minimum atomic E-state index is -1.02. The lowest BCUT2D eigenvalue weighted by molar-refractivity contribution is 0.00578. The summed E-state index contributed by atoms with van der Waals surface area (Å²) in [6.45, 7) is 8.62. The Bertz CT molecular complexity index is 770. The number of nitrogens with zero attached hydrogens (tertiary/aromatic N) is 2. The van der Waals surface area contributed by atoms with Crippen LogP contribution in [-0.4, -0.2) is 41.8 Å². The summed E-state index contributed by atoms with van der Waals surface area (Å²) in [4.78, 5) is 0. The highest BCUT2D eigenvalue weighted by atomic mass is 32.1. The van der Waals surface area contributed by atoms with Gasteiger partial charge >= 0.3 is 7.12 Å². The van der Waals surface area contributed by atoms with Crippen molar-refractivity contribution < 1.29 is 18.4 Å². The quantitative estimate of drug-likeness (QED) is 0.707. The van der Waals surface area contributed by atoms with Gasteiger partial charge in [0, 0.05) is 18.1 Å². The monoisotopic (exact) mass is 378 g/mol. The molecule has 0 N–H and O–H groups in total. The van der Waals surface area contributed by atoms with Crippen molar-refractivity contribution in [2.75, 3.05) is 13.7 Å². The van der Waals surface area contributed by atoms with Crippen LogP contribution in [0.2, 0.25) is 0 Å². The largest absolute Gasteiger partial charge is 0.525 e. The van der Waals surface area contributed by atoms with Crippen LogP contribution in [0.3, 0.4) is 0 Å². The number of thiophene rings is 1. The summed E-state index contributed by atoms with van der Waals surface area (Å²) >= 11 is 1.60. The zero-order valence-electron chi connectivity index (χ0n) is 15.8. The standard InChI is InChI=1S/C18H24BFN2O3S/c1-17(2)18(3,4)25-19(24-17)16(20)11-14-10-15(13-6-9-26-12-13)21-22(14)7-8-23-5/h6,9-12H,7-8H2,1-5H3. The summed E-state index contributed by atoms with van der Waals surface area (Å²) in [6.07, 6.45) is 1.43. The summed E-state index contributed by atoms with van der Waals surface area (Å²) in [5, 5.41) is 8.58. The Hall–Kier alpha value is -1.48. The van der Waals surface area contributed by atoms with E-state index in [9.17, 15) is 4.39 Å². The Morgan fingerprint density at radius 3 is 2.62 bits per heavy atom. The van der Waals surface area contributed by atoms with E-state index in [1.807, 2.05) is 50.6 Å². The van der Waals surface area contributed by atoms with Gasteiger partial charge in [-0.05, 0) is 51.3 Å². The van der Waals surface area contributed by atoms with E-state index in [0.29, 0.717) is 18.8 Å². The van der Waals surface area contributed by atoms with Crippen molar-refractivity contribution in [3.8, 4) is 11.3 Å². The van der Waals surface area contributed by atoms with Gasteiger partial charge < -0.3 is 14.0 Å². The molecular weight excluding hydrogens is 354 g/mol. The van der Waals surface area contributed by atoms with Crippen LogP contribution in [0.5, 0.6) is 0 Å². The van der Waals surface area contributed by atoms with Crippen LogP contribution >= 0.6 is 11.3 Å². The molecule has 0 saturated carbocycles. The molecule has 0 atom stereocenters. The van der Waals surface area contributed by atoms with E-state index in [2.05, 4.69) is 5.10 Å². The van der Waals surface area contributed by atoms with Crippen molar-refractivity contribution in [1.82, 2.24) is 9.78 Å². The van der Waals surface area contributed by atoms with E-state index in [-0.39, 0.29) is 0 Å². The Morgan fingerprint density at radius 1 is 1.35 bits per heavy atom. The first-order valence-electron chi connectivity index (χ1n) is 8.55. The maximum atomic E-state index is 14.9. The minimum absolute atomic E-state index is 0.473. The highest BCUT2D eigenvalue weighted by Crippen LogP contribution is 2.39. The first-order chi connectivity index (χ1) is 12.2. The molecule has 0 bridgehead atoms. The van der Waals surface area contributed by atoms with Crippen LogP contribution < -0.4 is 0 Å². The summed E-state index contributed by atoms with van der Waals surface area (Å²) < 4.78 is 33.3. The molecule has 1 aliphatic heterocycles. The van der Waals surface area contributed by atoms with Crippen LogP contribution in [-0.2, 0) is 20.6 Å². The molecule has 2 aromatic heterocycles. The second kappa shape index (κ2) is 7.27. The van der Waals surface area contributed by atoms with Crippen LogP contribution in [0.25, 0.3) is 17.3 Å². The van der Waals surface area contributed by atoms with Gasteiger partial charge in [0.05, 0.1) is 35.7 Å². The SMILES string of the molecule is COCCn1nc(-c2ccsc2)cc1C=C(F)B1OC(C)(C)C(C)(C)O1. The van der Waals surface area contributed by atoms with Gasteiger partial charge in [-0.1, -0.05) is 0 Å². The molecular formula is C18H24BFN2O3S. The van der Waals surface area contributed by atoms with Gasteiger partial charge in [-0.25, -0.2) is 4.39 Å². The van der Waals surface area contributed by atoms with E-state index in [1.54, 1.807) is 23.1 Å². The topological polar surface area (TPSA) is 45.5 Å². The smallest absolute Gasteiger partial charge is 0.398 e. The van der Waals surface area contributed by atoms with E-state index in [4.69, 9.17) is 14.0 Å². The molecule has 3 heterocycles. The number of ether oxygens (including phenoxy) is 1. The third-order valence-electron chi connectivity index (χ3n) is 4.90. The maximum absolute atomic E-state index is 14.9. The molecule has 8 heteroatoms. The van der Waals surface area contributed by atoms with Gasteiger partial charge in [-0.2, -0.15) is 16.4 Å². The number of hydrogen-bond acceptors (Lipinski definition) is 5. The third kappa shape index (κ3) is 3.78. The second-order valence-electron chi connectivity index (χ2n) is 7.30. The summed E-state index contributed by atoms with van der Waals surface area (Å²) in [5.41, 5.74) is 0.823. The Kier molecular flexibility index (Phi) is 5.39. The Morgan fingerprint density at radius 2 is 2.04 bits per heavy atom. The molecule has 140 valence electrons. The average molecular weight is 378 g/mol. The molecule has 1 fully saturated rings. The summed E-state index contributed by atoms with van der Waals surface area (Å²) in [5.74, 6) is 0. The number of rotatable bonds is 6. The predicted molar refractivity (Wildman–Crippen MR) is 103 cm³/mol. The average Bonchev–Trinajstić information content (AvgIpc) is 3.25. The molecule has 0 unspecified atom stereocenters. The molecule has 1 saturated heterocycles. The number of methoxy groups -OCH3 is 1. The van der Waals surface area contributed by atoms with Gasteiger partial charge in [-0.15, -0.1) is 0 Å². The van der Waals surface area contributed by atoms with Gasteiger partial charge in [0.15, 0.2) is 0 Å². The van der Waals surface area contributed by atoms with Crippen molar-refractivity contribution in [3.63, 3.8) is 0 Å². The first-order valence-corrected chi connectivity index (χ1v) is 9.50. The third-order valence-corrected chi connectivity index (χ3v) is 5.58. The highest BCUT2D eigenvalue weighted by Gasteiger charge is 2.53. The van der Waals surface area contributed by atoms with Crippen molar-refractivity contribution in [3.05, 3.63) is 34.3 Å². The number of hydrogen-bond donors (Lipinski definition) is 0. The van der Waals surface area contributed by atoms with E-state index in [0.717, 1.165) is 11.3 Å². The van der Waals surface area contributed by atoms with E-state index < -0.39 is 24.0 Å². The second-order valence-corrected chi connectivity index (χ2v) is 8.08. The van der Waals surface area contributed by atoms with Crippen molar-refractivity contribution in [2.45, 2.75) is 45.4 Å². The van der Waals surface area contributed by atoms with E-state index in [1.165, 1.54) is 6.08 Å². The molecule has 0 amide bonds. The van der Waals surface area contributed by atoms with Crippen molar-refractivity contribution in [2.24, 2.45) is 0 Å². The lowest BCUT2D eigenvalue weighted by Crippen LogP contribution is -2.41. The lowest BCUT2D eigenvalue weighted by Gasteiger charge is -2.32. The molecule has 1 aliphatic rings. The van der Waals surface area contributed by atoms with Crippen LogP contribution in [0, 0.1) is 0 Å². The number of halogens is 1. The lowest BCUT2D eigenvalue weighted by atomic mass is 9.87. The predicted octanol–water partition coefficient (Wildman–Crippen LogP) is 4.20. The fraction of sp³-hybridized carbons (Fsp3) is 0.500. The molecule has 0 spiro atoms. The Balaban J connectivity index is 1.89. The normalized spacial score (nSPS) is 19.3. The van der Waals surface area contributed by atoms with Gasteiger partial charge in [0.1, 0.15) is 5.73 Å². The maximum Gasteiger partial charge on any atom is 0.525 e. The zero-order valence-corrected chi connectivity index (χ0v) is 16.6. The molecule has 5 nitrogen and oxygen atoms in total. The van der Waals surface area contributed by atoms with Crippen LogP contribution in [0.15, 0.2) is 28.6 Å². The van der Waals surface area contributed by atoms with Gasteiger partial charge in [0.2, 0.25) is 0 Å². The fourth-order valence-electron chi connectivity index (χ4n) is 2.62. The first kappa shape index (κ1) is 19.3. The molecule has 0 aliphatic carbocycles. The van der Waals surface area contributed by atoms with Gasteiger partial charge in [-0.3, -0.25) is 4.68 Å². The molecule has 26 heavy (non-hydrogen) atoms. The highest BCUT2D eigenvalue weighted by molar-refractivity contribution is 7.08. The molecule has 0 radical (unpaired) electrons. The van der Waals surface area contributed by atoms with E-state index >= 15 is 0 Å². The Labute approximate surface area is 157 Å². The fourth-order valence-corrected chi connectivity index (χ4v) is 3.27. The minimum Gasteiger partial charge on any atom is -0.398 e. The molecule has 3 rings (SSSR count). The molecule has 0 aromatic carbocycles. The van der Waals surface area contributed by atoms with Gasteiger partial charge in [0.25, 0.3) is 0 Å². The zero-order chi connectivity index (χ0) is 18.9. The van der Waals surface area contributed by atoms with Crippen molar-refractivity contribution >= 4 is 24.5 Å². The summed E-state index contributed by atoms with van der Waals surface area (Å²) in [6, 6.07) is 3.86. The summed E-state index contributed by atoms with van der Waals surface area (Å²) in [7, 11) is 0.611. The molecule has 2 aromatic rings. The van der Waals surface area contributed by atoms with Crippen LogP contribution in [0.1, 0.15) is 33.4 Å².